The van der Waals surface area contributed by atoms with Crippen LogP contribution in [0.15, 0.2) is 36.9 Å². The number of amides is 1. The van der Waals surface area contributed by atoms with Crippen molar-refractivity contribution < 1.29 is 4.79 Å². The smallest absolute Gasteiger partial charge is 0.257 e. The van der Waals surface area contributed by atoms with Gasteiger partial charge in [-0.2, -0.15) is 10.2 Å². The third kappa shape index (κ3) is 2.70. The molecule has 0 aromatic carbocycles. The Bertz CT molecular complexity index is 868. The Morgan fingerprint density at radius 3 is 2.88 bits per heavy atom. The quantitative estimate of drug-likeness (QED) is 0.697. The second kappa shape index (κ2) is 5.95. The Morgan fingerprint density at radius 1 is 1.12 bits per heavy atom. The fraction of sp³-hybridized carbons (Fsp3) is 0.375. The van der Waals surface area contributed by atoms with E-state index >= 15 is 0 Å². The molecule has 0 spiro atoms. The number of aromatic nitrogens is 5. The van der Waals surface area contributed by atoms with Gasteiger partial charge in [-0.1, -0.05) is 0 Å². The van der Waals surface area contributed by atoms with E-state index in [1.54, 1.807) is 27.8 Å². The zero-order chi connectivity index (χ0) is 16.5. The van der Waals surface area contributed by atoms with E-state index in [1.165, 1.54) is 0 Å². The van der Waals surface area contributed by atoms with Crippen LogP contribution < -0.4 is 4.90 Å². The van der Waals surface area contributed by atoms with Crippen LogP contribution in [0, 0.1) is 0 Å². The molecule has 0 unspecified atom stereocenters. The van der Waals surface area contributed by atoms with Gasteiger partial charge in [-0.05, 0) is 12.5 Å². The summed E-state index contributed by atoms with van der Waals surface area (Å²) in [5.74, 6) is 0.975. The van der Waals surface area contributed by atoms with Gasteiger partial charge in [-0.15, -0.1) is 0 Å². The van der Waals surface area contributed by atoms with Gasteiger partial charge < -0.3 is 9.80 Å². The maximum atomic E-state index is 12.6. The molecule has 1 amide bonds. The van der Waals surface area contributed by atoms with Crippen molar-refractivity contribution in [2.24, 2.45) is 7.05 Å². The highest BCUT2D eigenvalue weighted by Gasteiger charge is 2.22. The second-order valence-corrected chi connectivity index (χ2v) is 5.96. The summed E-state index contributed by atoms with van der Waals surface area (Å²) < 4.78 is 3.40. The Kier molecular flexibility index (Phi) is 3.64. The Hall–Kier alpha value is -2.90. The van der Waals surface area contributed by atoms with Crippen LogP contribution in [0.5, 0.6) is 0 Å². The number of rotatable bonds is 2. The number of hydrogen-bond donors (Lipinski definition) is 0. The summed E-state index contributed by atoms with van der Waals surface area (Å²) in [6.45, 7) is 3.08. The van der Waals surface area contributed by atoms with Crippen LogP contribution >= 0.6 is 0 Å². The summed E-state index contributed by atoms with van der Waals surface area (Å²) in [4.78, 5) is 21.3. The number of fused-ring (bicyclic) bond motifs is 1. The molecule has 4 rings (SSSR count). The first-order chi connectivity index (χ1) is 11.7. The van der Waals surface area contributed by atoms with Gasteiger partial charge in [0.15, 0.2) is 5.65 Å². The van der Waals surface area contributed by atoms with Gasteiger partial charge in [0.05, 0.1) is 18.0 Å². The largest absolute Gasteiger partial charge is 0.355 e. The predicted octanol–water partition coefficient (Wildman–Crippen LogP) is 0.815. The molecule has 0 bridgehead atoms. The van der Waals surface area contributed by atoms with Crippen molar-refractivity contribution in [3.05, 3.63) is 42.5 Å². The van der Waals surface area contributed by atoms with Crippen LogP contribution in [0.2, 0.25) is 0 Å². The van der Waals surface area contributed by atoms with Crippen LogP contribution in [0.3, 0.4) is 0 Å². The van der Waals surface area contributed by atoms with E-state index in [2.05, 4.69) is 20.1 Å². The van der Waals surface area contributed by atoms with Gasteiger partial charge in [0, 0.05) is 51.7 Å². The van der Waals surface area contributed by atoms with Crippen LogP contribution in [0.4, 0.5) is 5.82 Å². The van der Waals surface area contributed by atoms with E-state index in [9.17, 15) is 4.79 Å². The lowest BCUT2D eigenvalue weighted by molar-refractivity contribution is 0.0767. The van der Waals surface area contributed by atoms with E-state index in [0.717, 1.165) is 37.5 Å². The van der Waals surface area contributed by atoms with Crippen molar-refractivity contribution in [2.75, 3.05) is 31.1 Å². The van der Waals surface area contributed by atoms with Crippen LogP contribution in [0.1, 0.15) is 16.8 Å². The van der Waals surface area contributed by atoms with Crippen LogP contribution in [0.25, 0.3) is 5.65 Å². The Morgan fingerprint density at radius 2 is 2.04 bits per heavy atom. The number of nitrogens with zero attached hydrogens (tertiary/aromatic N) is 7. The highest BCUT2D eigenvalue weighted by molar-refractivity contribution is 5.93. The van der Waals surface area contributed by atoms with Gasteiger partial charge in [-0.25, -0.2) is 9.50 Å². The lowest BCUT2D eigenvalue weighted by Gasteiger charge is -2.22. The number of hydrogen-bond acceptors (Lipinski definition) is 5. The maximum Gasteiger partial charge on any atom is 0.257 e. The zero-order valence-corrected chi connectivity index (χ0v) is 13.5. The standard InChI is InChI=1S/C16H19N7O/c1-20-12-13(11-18-20)16(24)22-7-2-6-21(9-10-22)14-4-8-23-15(19-14)3-5-17-23/h3-5,8,11-12H,2,6-7,9-10H2,1H3. The second-order valence-electron chi connectivity index (χ2n) is 5.96. The fourth-order valence-electron chi connectivity index (χ4n) is 3.04. The summed E-state index contributed by atoms with van der Waals surface area (Å²) in [7, 11) is 1.82. The van der Waals surface area contributed by atoms with Crippen molar-refractivity contribution >= 4 is 17.4 Å². The molecule has 1 fully saturated rings. The van der Waals surface area contributed by atoms with Crippen molar-refractivity contribution in [3.63, 3.8) is 0 Å². The minimum atomic E-state index is 0.0455. The molecule has 3 aromatic heterocycles. The maximum absolute atomic E-state index is 12.6. The molecule has 3 aromatic rings. The average Bonchev–Trinajstić information content (AvgIpc) is 3.16. The normalized spacial score (nSPS) is 15.7. The molecular formula is C16H19N7O. The molecular weight excluding hydrogens is 306 g/mol. The molecule has 8 heteroatoms. The molecule has 4 heterocycles. The number of aryl methyl sites for hydroxylation is 1. The van der Waals surface area contributed by atoms with E-state index in [-0.39, 0.29) is 5.91 Å². The molecule has 1 saturated heterocycles. The van der Waals surface area contributed by atoms with Crippen LogP contribution in [-0.4, -0.2) is 61.4 Å². The van der Waals surface area contributed by atoms with E-state index in [1.807, 2.05) is 30.3 Å². The SMILES string of the molecule is Cn1cc(C(=O)N2CCCN(c3ccn4nccc4n3)CC2)cn1. The lowest BCUT2D eigenvalue weighted by atomic mass is 10.3. The van der Waals surface area contributed by atoms with E-state index in [4.69, 9.17) is 0 Å². The van der Waals surface area contributed by atoms with E-state index < -0.39 is 0 Å². The molecule has 24 heavy (non-hydrogen) atoms. The number of carbonyl (C=O) groups is 1. The molecule has 0 radical (unpaired) electrons. The van der Waals surface area contributed by atoms with Gasteiger partial charge in [0.25, 0.3) is 5.91 Å². The molecule has 0 aliphatic carbocycles. The topological polar surface area (TPSA) is 71.6 Å². The summed E-state index contributed by atoms with van der Waals surface area (Å²) in [5.41, 5.74) is 1.48. The first-order valence-corrected chi connectivity index (χ1v) is 8.04. The van der Waals surface area contributed by atoms with Crippen molar-refractivity contribution in [1.82, 2.24) is 29.3 Å². The third-order valence-electron chi connectivity index (χ3n) is 4.30. The van der Waals surface area contributed by atoms with Gasteiger partial charge in [0.1, 0.15) is 5.82 Å². The minimum Gasteiger partial charge on any atom is -0.355 e. The number of carbonyl (C=O) groups excluding carboxylic acids is 1. The zero-order valence-electron chi connectivity index (χ0n) is 13.5. The average molecular weight is 325 g/mol. The summed E-state index contributed by atoms with van der Waals surface area (Å²) in [5, 5.41) is 8.25. The monoisotopic (exact) mass is 325 g/mol. The minimum absolute atomic E-state index is 0.0455. The number of anilines is 1. The Balaban J connectivity index is 1.48. The summed E-state index contributed by atoms with van der Waals surface area (Å²) in [6, 6.07) is 3.86. The summed E-state index contributed by atoms with van der Waals surface area (Å²) in [6.07, 6.45) is 7.96. The first-order valence-electron chi connectivity index (χ1n) is 8.04. The molecule has 1 aliphatic rings. The van der Waals surface area contributed by atoms with Gasteiger partial charge >= 0.3 is 0 Å². The van der Waals surface area contributed by atoms with E-state index in [0.29, 0.717) is 12.1 Å². The van der Waals surface area contributed by atoms with Crippen molar-refractivity contribution in [3.8, 4) is 0 Å². The van der Waals surface area contributed by atoms with Crippen molar-refractivity contribution in [2.45, 2.75) is 6.42 Å². The molecule has 0 saturated carbocycles. The molecule has 8 nitrogen and oxygen atoms in total. The molecule has 0 N–H and O–H groups in total. The fourth-order valence-corrected chi connectivity index (χ4v) is 3.04. The highest BCUT2D eigenvalue weighted by atomic mass is 16.2. The first kappa shape index (κ1) is 14.7. The molecule has 124 valence electrons. The van der Waals surface area contributed by atoms with Crippen molar-refractivity contribution in [1.29, 1.82) is 0 Å². The van der Waals surface area contributed by atoms with Gasteiger partial charge in [-0.3, -0.25) is 9.48 Å². The van der Waals surface area contributed by atoms with Crippen LogP contribution in [-0.2, 0) is 7.05 Å². The predicted molar refractivity (Wildman–Crippen MR) is 88.9 cm³/mol. The highest BCUT2D eigenvalue weighted by Crippen LogP contribution is 2.16. The molecule has 0 atom stereocenters. The van der Waals surface area contributed by atoms with Gasteiger partial charge in [0.2, 0.25) is 0 Å². The Labute approximate surface area is 139 Å². The summed E-state index contributed by atoms with van der Waals surface area (Å²) >= 11 is 0. The third-order valence-corrected chi connectivity index (χ3v) is 4.30. The lowest BCUT2D eigenvalue weighted by Crippen LogP contribution is -2.35. The molecule has 1 aliphatic heterocycles.